The molecule has 0 saturated carbocycles. The summed E-state index contributed by atoms with van der Waals surface area (Å²) in [6.45, 7) is 5.87. The van der Waals surface area contributed by atoms with E-state index >= 15 is 0 Å². The number of aryl methyl sites for hydroxylation is 2. The molecule has 1 fully saturated rings. The van der Waals surface area contributed by atoms with Gasteiger partial charge in [-0.1, -0.05) is 48.5 Å². The third-order valence-electron chi connectivity index (χ3n) is 7.08. The lowest BCUT2D eigenvalue weighted by Gasteiger charge is -2.24. The van der Waals surface area contributed by atoms with Crippen molar-refractivity contribution in [2.24, 2.45) is 0 Å². The summed E-state index contributed by atoms with van der Waals surface area (Å²) in [7, 11) is 1.68. The van der Waals surface area contributed by atoms with Crippen LogP contribution in [0.1, 0.15) is 58.1 Å². The molecule has 0 radical (unpaired) electrons. The molecule has 1 amide bonds. The summed E-state index contributed by atoms with van der Waals surface area (Å²) in [5.41, 5.74) is 4.18. The third-order valence-corrected chi connectivity index (χ3v) is 7.08. The molecule has 2 heterocycles. The van der Waals surface area contributed by atoms with Crippen LogP contribution in [0.5, 0.6) is 5.75 Å². The lowest BCUT2D eigenvalue weighted by atomic mass is 9.92. The molecule has 1 aliphatic heterocycles. The van der Waals surface area contributed by atoms with Crippen LogP contribution in [0.4, 0.5) is 0 Å². The summed E-state index contributed by atoms with van der Waals surface area (Å²) < 4.78 is 7.58. The van der Waals surface area contributed by atoms with Gasteiger partial charge >= 0.3 is 0 Å². The normalized spacial score (nSPS) is 16.2. The number of pyridine rings is 1. The van der Waals surface area contributed by atoms with Crippen LogP contribution in [0.25, 0.3) is 0 Å². The lowest BCUT2D eigenvalue weighted by molar-refractivity contribution is 0.0758. The summed E-state index contributed by atoms with van der Waals surface area (Å²) >= 11 is 0. The molecule has 1 aliphatic rings. The number of amides is 1. The predicted molar refractivity (Wildman–Crippen MR) is 136 cm³/mol. The van der Waals surface area contributed by atoms with Gasteiger partial charge in [-0.15, -0.1) is 0 Å². The molecular weight excluding hydrogens is 424 g/mol. The molecule has 1 atom stereocenters. The molecule has 1 saturated heterocycles. The average Bonchev–Trinajstić information content (AvgIpc) is 3.11. The number of benzene rings is 2. The number of hydrogen-bond donors (Lipinski definition) is 0. The Bertz CT molecular complexity index is 1200. The Balaban J connectivity index is 1.54. The predicted octanol–water partition coefficient (Wildman–Crippen LogP) is 5.13. The van der Waals surface area contributed by atoms with Crippen molar-refractivity contribution in [3.8, 4) is 5.75 Å². The monoisotopic (exact) mass is 458 g/mol. The van der Waals surface area contributed by atoms with Gasteiger partial charge < -0.3 is 14.2 Å². The van der Waals surface area contributed by atoms with E-state index in [9.17, 15) is 9.59 Å². The van der Waals surface area contributed by atoms with Gasteiger partial charge in [0.15, 0.2) is 5.43 Å². The molecule has 178 valence electrons. The van der Waals surface area contributed by atoms with Crippen LogP contribution in [-0.2, 0) is 13.0 Å². The highest BCUT2D eigenvalue weighted by Gasteiger charge is 2.26. The van der Waals surface area contributed by atoms with Crippen LogP contribution < -0.4 is 10.2 Å². The van der Waals surface area contributed by atoms with Gasteiger partial charge in [0.25, 0.3) is 5.91 Å². The van der Waals surface area contributed by atoms with Gasteiger partial charge in [0.05, 0.1) is 7.11 Å². The second-order valence-corrected chi connectivity index (χ2v) is 9.15. The fraction of sp³-hybridized carbons (Fsp3) is 0.379. The van der Waals surface area contributed by atoms with Gasteiger partial charge in [0.1, 0.15) is 11.3 Å². The number of carbonyl (C=O) groups excluding carboxylic acids is 1. The van der Waals surface area contributed by atoms with Gasteiger partial charge in [0.2, 0.25) is 0 Å². The second kappa shape index (κ2) is 10.7. The number of nitrogens with zero attached hydrogens (tertiary/aromatic N) is 2. The number of methoxy groups -OCH3 is 1. The van der Waals surface area contributed by atoms with Gasteiger partial charge in [0, 0.05) is 37.1 Å². The maximum absolute atomic E-state index is 13.6. The smallest absolute Gasteiger partial charge is 0.259 e. The van der Waals surface area contributed by atoms with Crippen LogP contribution >= 0.6 is 0 Å². The maximum atomic E-state index is 13.6. The fourth-order valence-corrected chi connectivity index (χ4v) is 5.18. The number of aromatic nitrogens is 1. The Hall–Kier alpha value is -3.34. The average molecular weight is 459 g/mol. The van der Waals surface area contributed by atoms with E-state index in [1.54, 1.807) is 13.2 Å². The first-order chi connectivity index (χ1) is 16.5. The molecule has 5 heteroatoms. The van der Waals surface area contributed by atoms with Crippen LogP contribution in [0.2, 0.25) is 0 Å². The van der Waals surface area contributed by atoms with Crippen LogP contribution in [0.15, 0.2) is 65.5 Å². The minimum absolute atomic E-state index is 0.137. The highest BCUT2D eigenvalue weighted by atomic mass is 16.5. The molecule has 1 unspecified atom stereocenters. The highest BCUT2D eigenvalue weighted by Crippen LogP contribution is 2.28. The van der Waals surface area contributed by atoms with Crippen molar-refractivity contribution in [3.63, 3.8) is 0 Å². The van der Waals surface area contributed by atoms with Gasteiger partial charge in [-0.2, -0.15) is 0 Å². The van der Waals surface area contributed by atoms with Crippen molar-refractivity contribution in [1.29, 1.82) is 0 Å². The van der Waals surface area contributed by atoms with Crippen LogP contribution in [-0.4, -0.2) is 35.6 Å². The van der Waals surface area contributed by atoms with Crippen LogP contribution in [0.3, 0.4) is 0 Å². The van der Waals surface area contributed by atoms with Crippen LogP contribution in [0, 0.1) is 13.8 Å². The Morgan fingerprint density at radius 2 is 1.74 bits per heavy atom. The Morgan fingerprint density at radius 1 is 1.00 bits per heavy atom. The minimum Gasteiger partial charge on any atom is -0.496 e. The fourth-order valence-electron chi connectivity index (χ4n) is 5.18. The number of rotatable bonds is 6. The first-order valence-corrected chi connectivity index (χ1v) is 12.2. The third kappa shape index (κ3) is 5.09. The Kier molecular flexibility index (Phi) is 7.51. The van der Waals surface area contributed by atoms with E-state index in [-0.39, 0.29) is 11.3 Å². The molecule has 3 aromatic rings. The molecule has 34 heavy (non-hydrogen) atoms. The van der Waals surface area contributed by atoms with E-state index in [2.05, 4.69) is 34.9 Å². The van der Waals surface area contributed by atoms with Crippen molar-refractivity contribution in [1.82, 2.24) is 9.47 Å². The van der Waals surface area contributed by atoms with Gasteiger partial charge in [-0.25, -0.2) is 0 Å². The summed E-state index contributed by atoms with van der Waals surface area (Å²) in [5, 5.41) is 0. The molecule has 1 aromatic heterocycles. The molecular formula is C29H34N2O3. The number of likely N-dealkylation sites (tertiary alicyclic amines) is 1. The van der Waals surface area contributed by atoms with E-state index in [0.29, 0.717) is 31.1 Å². The molecule has 0 aliphatic carbocycles. The van der Waals surface area contributed by atoms with Crippen molar-refractivity contribution >= 4 is 5.91 Å². The highest BCUT2D eigenvalue weighted by molar-refractivity contribution is 5.95. The second-order valence-electron chi connectivity index (χ2n) is 9.15. The van der Waals surface area contributed by atoms with E-state index in [1.165, 1.54) is 5.56 Å². The van der Waals surface area contributed by atoms with Gasteiger partial charge in [-0.3, -0.25) is 9.59 Å². The zero-order valence-electron chi connectivity index (χ0n) is 20.4. The Labute approximate surface area is 202 Å². The summed E-state index contributed by atoms with van der Waals surface area (Å²) in [6, 6.07) is 20.1. The molecule has 2 aromatic carbocycles. The number of para-hydroxylation sites is 1. The SMILES string of the molecule is COc1ccccc1CCn1c(C)cc(=O)c(C(=O)N2CCCC(c3ccccc3)CC2)c1C. The maximum Gasteiger partial charge on any atom is 0.259 e. The van der Waals surface area contributed by atoms with E-state index in [0.717, 1.165) is 48.4 Å². The Morgan fingerprint density at radius 3 is 2.50 bits per heavy atom. The molecule has 0 N–H and O–H groups in total. The topological polar surface area (TPSA) is 51.5 Å². The van der Waals surface area contributed by atoms with Crippen molar-refractivity contribution < 1.29 is 9.53 Å². The standard InChI is InChI=1S/C29H34N2O3/c1-21-20-26(32)28(22(2)31(21)19-16-25-12-7-8-14-27(25)34-3)29(33)30-17-9-13-24(15-18-30)23-10-5-4-6-11-23/h4-8,10-12,14,20,24H,9,13,15-19H2,1-3H3. The largest absolute Gasteiger partial charge is 0.496 e. The van der Waals surface area contributed by atoms with Gasteiger partial charge in [-0.05, 0) is 62.6 Å². The number of carbonyl (C=O) groups is 1. The number of hydrogen-bond acceptors (Lipinski definition) is 3. The zero-order chi connectivity index (χ0) is 24.1. The lowest BCUT2D eigenvalue weighted by Crippen LogP contribution is -2.37. The van der Waals surface area contributed by atoms with Crippen molar-refractivity contribution in [2.45, 2.75) is 52.0 Å². The zero-order valence-corrected chi connectivity index (χ0v) is 20.4. The van der Waals surface area contributed by atoms with E-state index in [1.807, 2.05) is 43.0 Å². The molecule has 0 bridgehead atoms. The quantitative estimate of drug-likeness (QED) is 0.515. The first-order valence-electron chi connectivity index (χ1n) is 12.2. The summed E-state index contributed by atoms with van der Waals surface area (Å²) in [4.78, 5) is 28.4. The van der Waals surface area contributed by atoms with E-state index < -0.39 is 0 Å². The summed E-state index contributed by atoms with van der Waals surface area (Å²) in [5.74, 6) is 1.17. The summed E-state index contributed by atoms with van der Waals surface area (Å²) in [6.07, 6.45) is 3.68. The van der Waals surface area contributed by atoms with Crippen molar-refractivity contribution in [3.05, 3.63) is 99.0 Å². The minimum atomic E-state index is -0.183. The molecule has 4 rings (SSSR count). The molecule has 5 nitrogen and oxygen atoms in total. The first kappa shape index (κ1) is 23.8. The van der Waals surface area contributed by atoms with E-state index in [4.69, 9.17) is 4.74 Å². The number of ether oxygens (including phenoxy) is 1. The molecule has 0 spiro atoms. The van der Waals surface area contributed by atoms with Crippen molar-refractivity contribution in [2.75, 3.05) is 20.2 Å².